The van der Waals surface area contributed by atoms with E-state index in [1.807, 2.05) is 54.6 Å². The van der Waals surface area contributed by atoms with E-state index in [1.54, 1.807) is 13.8 Å². The number of hydrogen-bond donors (Lipinski definition) is 0. The highest BCUT2D eigenvalue weighted by Gasteiger charge is 2.52. The molecule has 4 rings (SSSR count). The number of hydrogen-bond acceptors (Lipinski definition) is 3. The van der Waals surface area contributed by atoms with Gasteiger partial charge in [-0.05, 0) is 49.1 Å². The molecule has 3 amide bonds. The molecule has 3 aromatic rings. The van der Waals surface area contributed by atoms with Crippen molar-refractivity contribution in [2.75, 3.05) is 4.90 Å². The van der Waals surface area contributed by atoms with Crippen molar-refractivity contribution in [2.45, 2.75) is 38.5 Å². The summed E-state index contributed by atoms with van der Waals surface area (Å²) in [6, 6.07) is 18.8. The zero-order valence-electron chi connectivity index (χ0n) is 18.1. The Bertz CT molecular complexity index is 1190. The molecule has 0 unspecified atom stereocenters. The summed E-state index contributed by atoms with van der Waals surface area (Å²) in [4.78, 5) is 32.0. The molecule has 0 bridgehead atoms. The first-order chi connectivity index (χ1) is 15.6. The number of pyridine rings is 1. The highest BCUT2D eigenvalue weighted by atomic mass is 19.4. The molecule has 1 aromatic heterocycles. The number of benzene rings is 2. The van der Waals surface area contributed by atoms with E-state index in [-0.39, 0.29) is 12.2 Å². The smallest absolute Gasteiger partial charge is 0.305 e. The molecular weight excluding hydrogens is 431 g/mol. The largest absolute Gasteiger partial charge is 0.433 e. The van der Waals surface area contributed by atoms with Crippen LogP contribution in [0.15, 0.2) is 72.9 Å². The second kappa shape index (κ2) is 8.35. The topological polar surface area (TPSA) is 53.5 Å². The monoisotopic (exact) mass is 453 g/mol. The predicted octanol–water partition coefficient (Wildman–Crippen LogP) is 5.44. The summed E-state index contributed by atoms with van der Waals surface area (Å²) in [6.07, 6.45) is -3.09. The van der Waals surface area contributed by atoms with Crippen molar-refractivity contribution in [2.24, 2.45) is 0 Å². The van der Waals surface area contributed by atoms with Crippen molar-refractivity contribution in [1.29, 1.82) is 0 Å². The Morgan fingerprint density at radius 1 is 0.909 bits per heavy atom. The number of carbonyl (C=O) groups excluding carboxylic acids is 2. The fourth-order valence-corrected chi connectivity index (χ4v) is 3.91. The van der Waals surface area contributed by atoms with Gasteiger partial charge in [-0.1, -0.05) is 54.6 Å². The zero-order chi connectivity index (χ0) is 23.8. The van der Waals surface area contributed by atoms with Crippen LogP contribution in [0.5, 0.6) is 0 Å². The van der Waals surface area contributed by atoms with E-state index in [4.69, 9.17) is 0 Å². The second-order valence-electron chi connectivity index (χ2n) is 8.40. The number of imide groups is 1. The van der Waals surface area contributed by atoms with E-state index < -0.39 is 29.3 Å². The fraction of sp³-hybridized carbons (Fsp3) is 0.240. The first-order valence-electron chi connectivity index (χ1n) is 10.4. The molecule has 1 fully saturated rings. The first-order valence-corrected chi connectivity index (χ1v) is 10.4. The van der Waals surface area contributed by atoms with E-state index in [1.165, 1.54) is 11.0 Å². The van der Waals surface area contributed by atoms with Crippen LogP contribution in [0.25, 0.3) is 0 Å². The number of rotatable bonds is 5. The van der Waals surface area contributed by atoms with E-state index in [9.17, 15) is 22.8 Å². The Kier molecular flexibility index (Phi) is 5.69. The molecule has 5 nitrogen and oxygen atoms in total. The number of halogens is 3. The molecule has 1 aliphatic rings. The van der Waals surface area contributed by atoms with Crippen LogP contribution in [0, 0.1) is 0 Å². The zero-order valence-corrected chi connectivity index (χ0v) is 18.1. The van der Waals surface area contributed by atoms with Gasteiger partial charge in [-0.2, -0.15) is 13.2 Å². The SMILES string of the molecule is CC1(C)C(=O)N(c2ccnc(C(F)(F)F)c2)C(=O)N1Cc1ccccc1Cc1ccccc1. The number of alkyl halides is 3. The van der Waals surface area contributed by atoms with E-state index in [2.05, 4.69) is 4.98 Å². The molecule has 0 spiro atoms. The van der Waals surface area contributed by atoms with E-state index >= 15 is 0 Å². The summed E-state index contributed by atoms with van der Waals surface area (Å²) >= 11 is 0. The maximum Gasteiger partial charge on any atom is 0.433 e. The Morgan fingerprint density at radius 3 is 2.21 bits per heavy atom. The molecule has 1 saturated heterocycles. The van der Waals surface area contributed by atoms with Gasteiger partial charge >= 0.3 is 12.2 Å². The van der Waals surface area contributed by atoms with Crippen molar-refractivity contribution in [3.8, 4) is 0 Å². The normalized spacial score (nSPS) is 15.9. The maximum atomic E-state index is 13.3. The van der Waals surface area contributed by atoms with Crippen molar-refractivity contribution in [1.82, 2.24) is 9.88 Å². The summed E-state index contributed by atoms with van der Waals surface area (Å²) in [5, 5.41) is 0. The lowest BCUT2D eigenvalue weighted by atomic mass is 9.97. The lowest BCUT2D eigenvalue weighted by molar-refractivity contribution is -0.141. The van der Waals surface area contributed by atoms with Crippen molar-refractivity contribution >= 4 is 17.6 Å². The standard InChI is InChI=1S/C25H22F3N3O2/c1-24(2)22(32)31(20-12-13-29-21(15-20)25(26,27)28)23(33)30(24)16-19-11-7-6-10-18(19)14-17-8-4-3-5-9-17/h3-13,15H,14,16H2,1-2H3. The summed E-state index contributed by atoms with van der Waals surface area (Å²) in [7, 11) is 0. The van der Waals surface area contributed by atoms with Gasteiger partial charge in [0.1, 0.15) is 11.2 Å². The van der Waals surface area contributed by atoms with Gasteiger partial charge in [0.05, 0.1) is 5.69 Å². The Hall–Kier alpha value is -3.68. The Labute approximate surface area is 189 Å². The van der Waals surface area contributed by atoms with Crippen molar-refractivity contribution in [3.05, 3.63) is 95.3 Å². The van der Waals surface area contributed by atoms with Gasteiger partial charge in [0.15, 0.2) is 0 Å². The van der Waals surface area contributed by atoms with E-state index in [0.717, 1.165) is 33.9 Å². The third kappa shape index (κ3) is 4.33. The van der Waals surface area contributed by atoms with E-state index in [0.29, 0.717) is 6.42 Å². The maximum absolute atomic E-state index is 13.3. The summed E-state index contributed by atoms with van der Waals surface area (Å²) in [6.45, 7) is 3.34. The third-order valence-electron chi connectivity index (χ3n) is 5.80. The molecule has 170 valence electrons. The Balaban J connectivity index is 1.65. The van der Waals surface area contributed by atoms with Crippen LogP contribution >= 0.6 is 0 Å². The molecule has 8 heteroatoms. The number of aromatic nitrogens is 1. The molecule has 0 N–H and O–H groups in total. The number of anilines is 1. The molecule has 0 saturated carbocycles. The average Bonchev–Trinajstić information content (AvgIpc) is 2.94. The first kappa shape index (κ1) is 22.5. The van der Waals surface area contributed by atoms with Crippen molar-refractivity contribution in [3.63, 3.8) is 0 Å². The van der Waals surface area contributed by atoms with Crippen LogP contribution in [-0.4, -0.2) is 27.4 Å². The molecular formula is C25H22F3N3O2. The van der Waals surface area contributed by atoms with Crippen LogP contribution in [0.3, 0.4) is 0 Å². The predicted molar refractivity (Wildman–Crippen MR) is 117 cm³/mol. The van der Waals surface area contributed by atoms with Crippen molar-refractivity contribution < 1.29 is 22.8 Å². The Morgan fingerprint density at radius 2 is 1.55 bits per heavy atom. The molecule has 0 radical (unpaired) electrons. The fourth-order valence-electron chi connectivity index (χ4n) is 3.91. The lowest BCUT2D eigenvalue weighted by Gasteiger charge is -2.28. The van der Waals surface area contributed by atoms with Crippen LogP contribution in [-0.2, 0) is 23.9 Å². The summed E-state index contributed by atoms with van der Waals surface area (Å²) in [5.74, 6) is -0.590. The van der Waals surface area contributed by atoms with Crippen LogP contribution in [0.1, 0.15) is 36.2 Å². The van der Waals surface area contributed by atoms with Gasteiger partial charge in [0.25, 0.3) is 5.91 Å². The summed E-state index contributed by atoms with van der Waals surface area (Å²) < 4.78 is 39.4. The van der Waals surface area contributed by atoms with Gasteiger partial charge in [-0.15, -0.1) is 0 Å². The quantitative estimate of drug-likeness (QED) is 0.484. The molecule has 33 heavy (non-hydrogen) atoms. The molecule has 1 aliphatic heterocycles. The average molecular weight is 453 g/mol. The third-order valence-corrected chi connectivity index (χ3v) is 5.80. The lowest BCUT2D eigenvalue weighted by Crippen LogP contribution is -2.43. The van der Waals surface area contributed by atoms with Gasteiger partial charge in [0.2, 0.25) is 0 Å². The number of amides is 3. The minimum Gasteiger partial charge on any atom is -0.305 e. The summed E-state index contributed by atoms with van der Waals surface area (Å²) in [5.41, 5.74) is 0.416. The molecule has 0 aliphatic carbocycles. The highest BCUT2D eigenvalue weighted by Crippen LogP contribution is 2.36. The van der Waals surface area contributed by atoms with Gasteiger partial charge in [-0.3, -0.25) is 9.78 Å². The van der Waals surface area contributed by atoms with Crippen LogP contribution < -0.4 is 4.90 Å². The van der Waals surface area contributed by atoms with Crippen LogP contribution in [0.4, 0.5) is 23.7 Å². The van der Waals surface area contributed by atoms with Crippen LogP contribution in [0.2, 0.25) is 0 Å². The van der Waals surface area contributed by atoms with Gasteiger partial charge < -0.3 is 4.90 Å². The number of carbonyl (C=O) groups is 2. The van der Waals surface area contributed by atoms with Gasteiger partial charge in [-0.25, -0.2) is 9.69 Å². The molecule has 2 aromatic carbocycles. The highest BCUT2D eigenvalue weighted by molar-refractivity contribution is 6.22. The minimum atomic E-state index is -4.69. The second-order valence-corrected chi connectivity index (χ2v) is 8.40. The minimum absolute atomic E-state index is 0.147. The number of nitrogens with zero attached hydrogens (tertiary/aromatic N) is 3. The number of urea groups is 1. The molecule has 0 atom stereocenters. The van der Waals surface area contributed by atoms with Gasteiger partial charge in [0, 0.05) is 12.7 Å². The molecule has 2 heterocycles.